The van der Waals surface area contributed by atoms with E-state index in [9.17, 15) is 9.22 Å². The topological polar surface area (TPSA) is 50.9 Å². The van der Waals surface area contributed by atoms with E-state index >= 15 is 0 Å². The molecular formula is C68H65N3O. The van der Waals surface area contributed by atoms with Gasteiger partial charge in [-0.15, -0.1) is 0 Å². The van der Waals surface area contributed by atoms with Gasteiger partial charge in [-0.25, -0.2) is 4.98 Å². The van der Waals surface area contributed by atoms with Gasteiger partial charge in [-0.05, 0) is 157 Å². The molecule has 2 aromatic heterocycles. The van der Waals surface area contributed by atoms with E-state index < -0.39 is 38.2 Å². The van der Waals surface area contributed by atoms with Crippen molar-refractivity contribution >= 4 is 11.0 Å². The molecule has 1 N–H and O–H groups in total. The molecule has 358 valence electrons. The van der Waals surface area contributed by atoms with E-state index in [0.29, 0.717) is 61.6 Å². The summed E-state index contributed by atoms with van der Waals surface area (Å²) in [6, 6.07) is 56.8. The molecule has 0 aliphatic rings. The molecule has 0 saturated heterocycles. The number of benzene rings is 8. The number of imidazole rings is 1. The molecule has 2 heterocycles. The molecule has 0 atom stereocenters. The maximum absolute atomic E-state index is 12.5. The first kappa shape index (κ1) is 35.3. The fourth-order valence-electron chi connectivity index (χ4n) is 9.92. The van der Waals surface area contributed by atoms with Gasteiger partial charge in [0.2, 0.25) is 0 Å². The molecule has 0 aliphatic heterocycles. The summed E-state index contributed by atoms with van der Waals surface area (Å²) < 4.78 is 104. The van der Waals surface area contributed by atoms with Gasteiger partial charge >= 0.3 is 0 Å². The molecule has 0 amide bonds. The predicted octanol–water partition coefficient (Wildman–Crippen LogP) is 18.3. The Morgan fingerprint density at radius 1 is 0.486 bits per heavy atom. The van der Waals surface area contributed by atoms with Crippen LogP contribution in [0.3, 0.4) is 0 Å². The summed E-state index contributed by atoms with van der Waals surface area (Å²) >= 11 is 0. The molecule has 4 nitrogen and oxygen atoms in total. The number of phenolic OH excluding ortho intramolecular Hbond substituents is 1. The Hall–Kier alpha value is -7.82. The fraction of sp³-hybridized carbons (Fsp3) is 0.206. The van der Waals surface area contributed by atoms with E-state index in [-0.39, 0.29) is 22.3 Å². The third-order valence-electron chi connectivity index (χ3n) is 13.5. The zero-order chi connectivity index (χ0) is 60.7. The molecule has 10 rings (SSSR count). The monoisotopic (exact) mass is 952 g/mol. The van der Waals surface area contributed by atoms with Crippen LogP contribution in [-0.2, 0) is 16.2 Å². The van der Waals surface area contributed by atoms with E-state index in [1.807, 2.05) is 141 Å². The lowest BCUT2D eigenvalue weighted by Crippen LogP contribution is -2.13. The lowest BCUT2D eigenvalue weighted by molar-refractivity contribution is 0.448. The molecule has 0 unspecified atom stereocenters. The molecular weight excluding hydrogens is 875 g/mol. The Balaban J connectivity index is 1.20. The summed E-state index contributed by atoms with van der Waals surface area (Å²) in [4.78, 5) is 10.3. The van der Waals surface area contributed by atoms with Crippen molar-refractivity contribution < 1.29 is 21.6 Å². The molecule has 0 fully saturated rings. The maximum atomic E-state index is 12.5. The van der Waals surface area contributed by atoms with Crippen LogP contribution in [0.2, 0.25) is 0 Å². The van der Waals surface area contributed by atoms with E-state index in [1.165, 1.54) is 24.3 Å². The number of aryl methyl sites for hydroxylation is 2. The lowest BCUT2D eigenvalue weighted by atomic mass is 9.78. The van der Waals surface area contributed by atoms with Crippen molar-refractivity contribution in [2.45, 2.75) is 92.1 Å². The van der Waals surface area contributed by atoms with E-state index in [0.717, 1.165) is 50.1 Å². The van der Waals surface area contributed by atoms with Crippen molar-refractivity contribution in [2.75, 3.05) is 0 Å². The van der Waals surface area contributed by atoms with Crippen molar-refractivity contribution in [3.8, 4) is 89.7 Å². The van der Waals surface area contributed by atoms with Crippen LogP contribution in [0.25, 0.3) is 95.0 Å². The van der Waals surface area contributed by atoms with Crippen LogP contribution >= 0.6 is 0 Å². The largest absolute Gasteiger partial charge is 0.507 e. The second kappa shape index (κ2) is 18.4. The summed E-state index contributed by atoms with van der Waals surface area (Å²) in [5.74, 6) is 0.376. The zero-order valence-electron chi connectivity index (χ0n) is 53.7. The quantitative estimate of drug-likeness (QED) is 0.165. The highest BCUT2D eigenvalue weighted by Crippen LogP contribution is 2.46. The summed E-state index contributed by atoms with van der Waals surface area (Å²) in [7, 11) is 0. The highest BCUT2D eigenvalue weighted by atomic mass is 16.3. The number of hydrogen-bond acceptors (Lipinski definition) is 3. The van der Waals surface area contributed by atoms with Crippen molar-refractivity contribution in [1.29, 1.82) is 0 Å². The minimum atomic E-state index is -3.40. The summed E-state index contributed by atoms with van der Waals surface area (Å²) in [5.41, 5.74) is 9.74. The third-order valence-corrected chi connectivity index (χ3v) is 13.5. The number of hydrogen-bond donors (Lipinski definition) is 1. The van der Waals surface area contributed by atoms with Gasteiger partial charge in [0, 0.05) is 39.3 Å². The Kier molecular flexibility index (Phi) is 9.03. The maximum Gasteiger partial charge on any atom is 0.149 e. The lowest BCUT2D eigenvalue weighted by Gasteiger charge is -2.26. The molecule has 0 radical (unpaired) electrons. The molecule has 0 saturated carbocycles. The summed E-state index contributed by atoms with van der Waals surface area (Å²) in [5, 5.41) is 12.5. The first-order chi connectivity index (χ1) is 39.3. The van der Waals surface area contributed by atoms with E-state index in [1.54, 1.807) is 18.3 Å². The average molecular weight is 952 g/mol. The summed E-state index contributed by atoms with van der Waals surface area (Å²) in [6.45, 7) is 1.69. The molecule has 72 heavy (non-hydrogen) atoms. The number of pyridine rings is 1. The molecule has 0 spiro atoms. The van der Waals surface area contributed by atoms with Crippen LogP contribution in [0.15, 0.2) is 188 Å². The summed E-state index contributed by atoms with van der Waals surface area (Å²) in [6.07, 6.45) is 1.64. The number of aromatic nitrogens is 3. The van der Waals surface area contributed by atoms with Crippen molar-refractivity contribution in [2.24, 2.45) is 0 Å². The molecule has 4 heteroatoms. The van der Waals surface area contributed by atoms with Crippen LogP contribution in [0.4, 0.5) is 0 Å². The van der Waals surface area contributed by atoms with Crippen LogP contribution in [0.1, 0.15) is 106 Å². The zero-order valence-corrected chi connectivity index (χ0v) is 41.7. The van der Waals surface area contributed by atoms with Gasteiger partial charge in [0.25, 0.3) is 0 Å². The fourth-order valence-corrected chi connectivity index (χ4v) is 9.92. The Labute approximate surface area is 443 Å². The minimum absolute atomic E-state index is 0.0324. The van der Waals surface area contributed by atoms with E-state index in [2.05, 4.69) is 57.2 Å². The Morgan fingerprint density at radius 3 is 1.82 bits per heavy atom. The van der Waals surface area contributed by atoms with E-state index in [4.69, 9.17) is 22.3 Å². The van der Waals surface area contributed by atoms with Crippen molar-refractivity contribution in [1.82, 2.24) is 14.5 Å². The van der Waals surface area contributed by atoms with Gasteiger partial charge in [0.15, 0.2) is 0 Å². The van der Waals surface area contributed by atoms with Gasteiger partial charge < -0.3 is 5.11 Å². The number of aromatic hydroxyl groups is 1. The first-order valence-corrected chi connectivity index (χ1v) is 24.3. The molecule has 8 aromatic carbocycles. The van der Waals surface area contributed by atoms with Gasteiger partial charge in [0.1, 0.15) is 11.6 Å². The van der Waals surface area contributed by atoms with Crippen LogP contribution in [-0.4, -0.2) is 19.6 Å². The van der Waals surface area contributed by atoms with Crippen molar-refractivity contribution in [3.63, 3.8) is 0 Å². The number of phenols is 1. The third kappa shape index (κ3) is 9.19. The predicted molar refractivity (Wildman–Crippen MR) is 304 cm³/mol. The standard InChI is InChI=1S/C68H65N3O/c1-43-36-56(64(72)58(37-43)68(9,10)11)65-70-63-55(51-39-50(45-20-14-12-15-21-45)40-52(41-51)59-42-48(34-35-69-59)46-28-31-53(32-29-46)66(3,4)5)25-19-27-61(63)71(65)60-33-30-49(38-44(60)2)62-54(47-22-16-13-17-23-47)24-18-26-57(62)67(6,7)8/h12-42,72H,1-11H3/i2D3,3D3,4D3,5D3. The SMILES string of the molecule is [2H]C([2H])([2H])c1cc(-c2c(-c3ccccc3)cccc2C(C)(C)C)ccc1-n1c(-c2cc(C)cc(C(C)(C)C)c2O)nc2c(-c3cc(-c4ccccc4)cc(-c4cc(-c5ccc(C(C([2H])([2H])[2H])(C([2H])([2H])[2H])C([2H])([2H])[2H])cc5)ccn4)c3)cccc21. The highest BCUT2D eigenvalue weighted by Gasteiger charge is 2.28. The highest BCUT2D eigenvalue weighted by molar-refractivity contribution is 5.98. The number of nitrogens with zero attached hydrogens (tertiary/aromatic N) is 3. The van der Waals surface area contributed by atoms with Gasteiger partial charge in [-0.3, -0.25) is 9.55 Å². The number of rotatable bonds is 8. The second-order valence-electron chi connectivity index (χ2n) is 20.9. The van der Waals surface area contributed by atoms with Crippen LogP contribution in [0.5, 0.6) is 5.75 Å². The number of fused-ring (bicyclic) bond motifs is 1. The first-order valence-electron chi connectivity index (χ1n) is 30.3. The molecule has 0 bridgehead atoms. The number of para-hydroxylation sites is 1. The van der Waals surface area contributed by atoms with Gasteiger partial charge in [-0.1, -0.05) is 189 Å². The molecule has 10 aromatic rings. The van der Waals surface area contributed by atoms with Crippen LogP contribution in [0, 0.1) is 13.8 Å². The van der Waals surface area contributed by atoms with Gasteiger partial charge in [-0.2, -0.15) is 0 Å². The Morgan fingerprint density at radius 2 is 1.12 bits per heavy atom. The van der Waals surface area contributed by atoms with Crippen molar-refractivity contribution in [3.05, 3.63) is 216 Å². The minimum Gasteiger partial charge on any atom is -0.507 e. The normalized spacial score (nSPS) is 15.3. The molecule has 0 aliphatic carbocycles. The second-order valence-corrected chi connectivity index (χ2v) is 20.9. The van der Waals surface area contributed by atoms with Crippen LogP contribution < -0.4 is 0 Å². The average Bonchev–Trinajstić information content (AvgIpc) is 1.04. The Bertz CT molecular complexity index is 4070. The van der Waals surface area contributed by atoms with Gasteiger partial charge in [0.05, 0.1) is 28.0 Å². The smallest absolute Gasteiger partial charge is 0.149 e.